The van der Waals surface area contributed by atoms with Crippen LogP contribution in [-0.2, 0) is 0 Å². The van der Waals surface area contributed by atoms with Crippen LogP contribution in [-0.4, -0.2) is 48.0 Å². The van der Waals surface area contributed by atoms with E-state index in [0.717, 1.165) is 6.54 Å². The van der Waals surface area contributed by atoms with Crippen molar-refractivity contribution in [3.05, 3.63) is 47.8 Å². The van der Waals surface area contributed by atoms with Gasteiger partial charge in [0.1, 0.15) is 6.07 Å². The van der Waals surface area contributed by atoms with E-state index in [2.05, 4.69) is 20.6 Å². The zero-order valence-electron chi connectivity index (χ0n) is 13.1. The number of para-hydroxylation sites is 1. The van der Waals surface area contributed by atoms with Crippen molar-refractivity contribution in [2.75, 3.05) is 37.8 Å². The van der Waals surface area contributed by atoms with Crippen LogP contribution in [0.15, 0.2) is 36.7 Å². The maximum atomic E-state index is 12.2. The first-order valence-electron chi connectivity index (χ1n) is 7.11. The molecule has 1 aromatic heterocycles. The maximum absolute atomic E-state index is 12.2. The van der Waals surface area contributed by atoms with Crippen LogP contribution in [0.4, 0.5) is 11.6 Å². The predicted molar refractivity (Wildman–Crippen MR) is 88.2 cm³/mol. The van der Waals surface area contributed by atoms with Crippen molar-refractivity contribution in [3.8, 4) is 6.07 Å². The van der Waals surface area contributed by atoms with Crippen molar-refractivity contribution in [1.29, 1.82) is 5.26 Å². The number of aromatic nitrogens is 2. The molecule has 23 heavy (non-hydrogen) atoms. The summed E-state index contributed by atoms with van der Waals surface area (Å²) in [6.45, 7) is 1.57. The van der Waals surface area contributed by atoms with Crippen LogP contribution in [0.1, 0.15) is 15.9 Å². The number of likely N-dealkylation sites (N-methyl/N-ethyl adjacent to an activating group) is 1. The van der Waals surface area contributed by atoms with Gasteiger partial charge in [-0.05, 0) is 26.2 Å². The van der Waals surface area contributed by atoms with E-state index in [4.69, 9.17) is 5.26 Å². The van der Waals surface area contributed by atoms with Crippen LogP contribution in [0.2, 0.25) is 0 Å². The molecule has 1 amide bonds. The summed E-state index contributed by atoms with van der Waals surface area (Å²) in [7, 11) is 3.96. The van der Waals surface area contributed by atoms with Crippen molar-refractivity contribution in [2.24, 2.45) is 0 Å². The fraction of sp³-hybridized carbons (Fsp3) is 0.250. The molecule has 0 radical (unpaired) electrons. The second-order valence-electron chi connectivity index (χ2n) is 5.14. The topological polar surface area (TPSA) is 93.9 Å². The molecule has 0 fully saturated rings. The van der Waals surface area contributed by atoms with E-state index in [1.54, 1.807) is 24.3 Å². The lowest BCUT2D eigenvalue weighted by Gasteiger charge is -2.10. The van der Waals surface area contributed by atoms with Gasteiger partial charge in [-0.15, -0.1) is 0 Å². The zero-order chi connectivity index (χ0) is 16.7. The number of hydrogen-bond donors (Lipinski definition) is 2. The monoisotopic (exact) mass is 310 g/mol. The highest BCUT2D eigenvalue weighted by Gasteiger charge is 2.10. The Hall–Kier alpha value is -2.98. The third-order valence-electron chi connectivity index (χ3n) is 3.05. The number of nitrogens with one attached hydrogen (secondary N) is 2. The van der Waals surface area contributed by atoms with Crippen LogP contribution in [0.5, 0.6) is 0 Å². The first-order valence-corrected chi connectivity index (χ1v) is 7.11. The zero-order valence-corrected chi connectivity index (χ0v) is 13.1. The largest absolute Gasteiger partial charge is 0.353 e. The number of hydrogen-bond acceptors (Lipinski definition) is 6. The first kappa shape index (κ1) is 16.4. The molecule has 0 bridgehead atoms. The maximum Gasteiger partial charge on any atom is 0.258 e. The molecule has 0 unspecified atom stereocenters. The van der Waals surface area contributed by atoms with Gasteiger partial charge in [0.15, 0.2) is 0 Å². The summed E-state index contributed by atoms with van der Waals surface area (Å²) < 4.78 is 0. The fourth-order valence-electron chi connectivity index (χ4n) is 1.81. The Morgan fingerprint density at radius 2 is 1.96 bits per heavy atom. The molecule has 0 aliphatic rings. The third-order valence-corrected chi connectivity index (χ3v) is 3.05. The van der Waals surface area contributed by atoms with E-state index in [-0.39, 0.29) is 5.91 Å². The van der Waals surface area contributed by atoms with Crippen molar-refractivity contribution >= 4 is 17.5 Å². The number of anilines is 2. The highest BCUT2D eigenvalue weighted by molar-refractivity contribution is 6.04. The van der Waals surface area contributed by atoms with Crippen molar-refractivity contribution in [3.63, 3.8) is 0 Å². The Morgan fingerprint density at radius 1 is 1.26 bits per heavy atom. The number of nitriles is 1. The van der Waals surface area contributed by atoms with E-state index in [9.17, 15) is 4.79 Å². The Kier molecular flexibility index (Phi) is 5.61. The normalized spacial score (nSPS) is 10.2. The van der Waals surface area contributed by atoms with Crippen molar-refractivity contribution in [1.82, 2.24) is 14.9 Å². The number of rotatable bonds is 6. The average Bonchev–Trinajstić information content (AvgIpc) is 2.55. The lowest BCUT2D eigenvalue weighted by molar-refractivity contribution is 0.102. The van der Waals surface area contributed by atoms with Crippen LogP contribution < -0.4 is 10.6 Å². The molecule has 0 atom stereocenters. The highest BCUT2D eigenvalue weighted by Crippen LogP contribution is 2.14. The van der Waals surface area contributed by atoms with Gasteiger partial charge in [-0.3, -0.25) is 4.79 Å². The second kappa shape index (κ2) is 7.87. The summed E-state index contributed by atoms with van der Waals surface area (Å²) >= 11 is 0. The molecule has 0 aliphatic heterocycles. The molecule has 1 aromatic carbocycles. The second-order valence-corrected chi connectivity index (χ2v) is 5.14. The summed E-state index contributed by atoms with van der Waals surface area (Å²) in [6, 6.07) is 8.85. The molecule has 0 saturated carbocycles. The molecule has 118 valence electrons. The molecular formula is C16H18N6O. The Bertz CT molecular complexity index is 705. The van der Waals surface area contributed by atoms with E-state index in [1.807, 2.05) is 25.1 Å². The highest BCUT2D eigenvalue weighted by atomic mass is 16.1. The van der Waals surface area contributed by atoms with Crippen LogP contribution in [0.3, 0.4) is 0 Å². The number of carbonyl (C=O) groups excluding carboxylic acids is 1. The molecule has 0 aliphatic carbocycles. The number of amides is 1. The minimum Gasteiger partial charge on any atom is -0.353 e. The molecule has 0 saturated heterocycles. The van der Waals surface area contributed by atoms with E-state index >= 15 is 0 Å². The number of nitrogens with zero attached hydrogens (tertiary/aromatic N) is 4. The van der Waals surface area contributed by atoms with Gasteiger partial charge in [0.05, 0.1) is 16.8 Å². The van der Waals surface area contributed by atoms with Crippen molar-refractivity contribution < 1.29 is 4.79 Å². The molecule has 7 heteroatoms. The van der Waals surface area contributed by atoms with Crippen LogP contribution in [0.25, 0.3) is 0 Å². The van der Waals surface area contributed by atoms with Gasteiger partial charge in [-0.1, -0.05) is 12.1 Å². The van der Waals surface area contributed by atoms with Gasteiger partial charge >= 0.3 is 0 Å². The summed E-state index contributed by atoms with van der Waals surface area (Å²) in [5.74, 6) is 0.119. The first-order chi connectivity index (χ1) is 11.1. The number of carbonyl (C=O) groups is 1. The van der Waals surface area contributed by atoms with E-state index in [0.29, 0.717) is 29.3 Å². The Labute approximate surface area is 135 Å². The Balaban J connectivity index is 1.99. The molecule has 0 spiro atoms. The van der Waals surface area contributed by atoms with Gasteiger partial charge in [0, 0.05) is 25.5 Å². The van der Waals surface area contributed by atoms with Crippen molar-refractivity contribution in [2.45, 2.75) is 0 Å². The lowest BCUT2D eigenvalue weighted by atomic mass is 10.2. The minimum atomic E-state index is -0.354. The van der Waals surface area contributed by atoms with Gasteiger partial charge in [0.25, 0.3) is 5.91 Å². The molecule has 1 heterocycles. The molecule has 7 nitrogen and oxygen atoms in total. The van der Waals surface area contributed by atoms with Gasteiger partial charge in [-0.2, -0.15) is 5.26 Å². The predicted octanol–water partition coefficient (Wildman–Crippen LogP) is 1.57. The standard InChI is InChI=1S/C16H18N6O/c1-22(2)8-7-18-16-19-10-13(11-20-16)15(23)21-14-6-4-3-5-12(14)9-17/h3-6,10-11H,7-8H2,1-2H3,(H,21,23)(H,18,19,20). The smallest absolute Gasteiger partial charge is 0.258 e. The molecule has 2 N–H and O–H groups in total. The van der Waals surface area contributed by atoms with E-state index < -0.39 is 0 Å². The number of benzene rings is 1. The molecule has 2 aromatic rings. The van der Waals surface area contributed by atoms with Crippen LogP contribution in [0, 0.1) is 11.3 Å². The third kappa shape index (κ3) is 4.76. The molecular weight excluding hydrogens is 292 g/mol. The average molecular weight is 310 g/mol. The van der Waals surface area contributed by atoms with Gasteiger partial charge < -0.3 is 15.5 Å². The SMILES string of the molecule is CN(C)CCNc1ncc(C(=O)Nc2ccccc2C#N)cn1. The summed E-state index contributed by atoms with van der Waals surface area (Å²) in [4.78, 5) is 22.4. The van der Waals surface area contributed by atoms with Crippen LogP contribution >= 0.6 is 0 Å². The quantitative estimate of drug-likeness (QED) is 0.841. The lowest BCUT2D eigenvalue weighted by Crippen LogP contribution is -2.21. The summed E-state index contributed by atoms with van der Waals surface area (Å²) in [6.07, 6.45) is 2.91. The minimum absolute atomic E-state index is 0.330. The van der Waals surface area contributed by atoms with Gasteiger partial charge in [0.2, 0.25) is 5.95 Å². The Morgan fingerprint density at radius 3 is 2.61 bits per heavy atom. The fourth-order valence-corrected chi connectivity index (χ4v) is 1.81. The summed E-state index contributed by atoms with van der Waals surface area (Å²) in [5, 5.41) is 14.8. The summed E-state index contributed by atoms with van der Waals surface area (Å²) in [5.41, 5.74) is 1.20. The van der Waals surface area contributed by atoms with Gasteiger partial charge in [-0.25, -0.2) is 9.97 Å². The molecule has 2 rings (SSSR count). The van der Waals surface area contributed by atoms with E-state index in [1.165, 1.54) is 12.4 Å².